The third-order valence-corrected chi connectivity index (χ3v) is 7.57. The summed E-state index contributed by atoms with van der Waals surface area (Å²) in [4.78, 5) is 26.1. The summed E-state index contributed by atoms with van der Waals surface area (Å²) in [6.07, 6.45) is 0.318. The van der Waals surface area contributed by atoms with Crippen molar-refractivity contribution in [2.75, 3.05) is 0 Å². The molecule has 6 rings (SSSR count). The first kappa shape index (κ1) is 15.8. The van der Waals surface area contributed by atoms with Crippen molar-refractivity contribution >= 4 is 11.8 Å². The Labute approximate surface area is 146 Å². The van der Waals surface area contributed by atoms with Crippen LogP contribution in [0.3, 0.4) is 0 Å². The summed E-state index contributed by atoms with van der Waals surface area (Å²) in [5.41, 5.74) is -2.11. The van der Waals surface area contributed by atoms with E-state index in [1.54, 1.807) is 0 Å². The summed E-state index contributed by atoms with van der Waals surface area (Å²) >= 11 is 0. The lowest BCUT2D eigenvalue weighted by molar-refractivity contribution is -0.300. The van der Waals surface area contributed by atoms with Gasteiger partial charge in [-0.25, -0.2) is 4.79 Å². The van der Waals surface area contributed by atoms with Crippen LogP contribution in [0.1, 0.15) is 40.0 Å². The lowest BCUT2D eigenvalue weighted by Crippen LogP contribution is -2.72. The highest BCUT2D eigenvalue weighted by Crippen LogP contribution is 2.70. The molecule has 2 saturated carbocycles. The molecule has 3 aliphatic carbocycles. The number of carbonyl (C=O) groups excluding carboxylic acids is 2. The minimum atomic E-state index is -1.23. The van der Waals surface area contributed by atoms with Crippen LogP contribution in [0.4, 0.5) is 0 Å². The Hall–Kier alpha value is -1.40. The number of aliphatic hydroxyl groups is 2. The number of aliphatic hydroxyl groups excluding tert-OH is 2. The zero-order chi connectivity index (χ0) is 17.9. The highest BCUT2D eigenvalue weighted by molar-refractivity contribution is 5.99. The number of rotatable bonds is 0. The molecule has 25 heavy (non-hydrogen) atoms. The number of Topliss-reactive ketones (excluding diaryl/α,β-unsaturated/α-hetero) is 1. The average molecular weight is 348 g/mol. The molecular weight excluding hydrogens is 324 g/mol. The summed E-state index contributed by atoms with van der Waals surface area (Å²) < 4.78 is 12.3. The zero-order valence-electron chi connectivity index (χ0n) is 14.7. The van der Waals surface area contributed by atoms with E-state index in [2.05, 4.69) is 0 Å². The second-order valence-corrected chi connectivity index (χ2v) is 8.86. The van der Waals surface area contributed by atoms with Gasteiger partial charge in [0.2, 0.25) is 0 Å². The molecule has 3 aliphatic heterocycles. The Morgan fingerprint density at radius 2 is 1.84 bits per heavy atom. The molecule has 3 saturated heterocycles. The topological polar surface area (TPSA) is 93.1 Å². The normalized spacial score (nSPS) is 56.6. The molecule has 0 amide bonds. The van der Waals surface area contributed by atoms with Crippen LogP contribution in [0.5, 0.6) is 0 Å². The molecule has 4 bridgehead atoms. The summed E-state index contributed by atoms with van der Waals surface area (Å²) in [6, 6.07) is 0. The first-order chi connectivity index (χ1) is 11.7. The van der Waals surface area contributed by atoms with Crippen LogP contribution in [0.2, 0.25) is 0 Å². The van der Waals surface area contributed by atoms with E-state index in [9.17, 15) is 19.8 Å². The third-order valence-electron chi connectivity index (χ3n) is 7.57. The van der Waals surface area contributed by atoms with Crippen molar-refractivity contribution in [1.29, 1.82) is 0 Å². The van der Waals surface area contributed by atoms with Crippen molar-refractivity contribution in [2.24, 2.45) is 29.6 Å². The lowest BCUT2D eigenvalue weighted by Gasteiger charge is -2.58. The van der Waals surface area contributed by atoms with Crippen molar-refractivity contribution < 1.29 is 29.3 Å². The maximum atomic E-state index is 13.2. The molecule has 6 aliphatic rings. The predicted octanol–water partition coefficient (Wildman–Crippen LogP) is 1.51. The van der Waals surface area contributed by atoms with E-state index in [0.29, 0.717) is 19.3 Å². The molecule has 0 aromatic heterocycles. The number of allylic oxidation sites excluding steroid dienone is 1. The van der Waals surface area contributed by atoms with Crippen molar-refractivity contribution in [2.45, 2.75) is 63.4 Å². The van der Waals surface area contributed by atoms with Crippen LogP contribution in [-0.4, -0.2) is 45.4 Å². The van der Waals surface area contributed by atoms with Gasteiger partial charge in [-0.2, -0.15) is 0 Å². The maximum absolute atomic E-state index is 13.2. The van der Waals surface area contributed by atoms with Gasteiger partial charge in [-0.15, -0.1) is 0 Å². The number of ketones is 1. The lowest BCUT2D eigenvalue weighted by atomic mass is 9.59. The minimum absolute atomic E-state index is 0.00145. The number of ether oxygens (including phenoxy) is 2. The van der Waals surface area contributed by atoms with Gasteiger partial charge in [0, 0.05) is 17.8 Å². The van der Waals surface area contributed by atoms with E-state index in [-0.39, 0.29) is 40.8 Å². The van der Waals surface area contributed by atoms with E-state index < -0.39 is 35.3 Å². The summed E-state index contributed by atoms with van der Waals surface area (Å²) in [5.74, 6) is -1.89. The number of carbonyl (C=O) groups is 2. The smallest absolute Gasteiger partial charge is 0.341 e. The van der Waals surface area contributed by atoms with E-state index >= 15 is 0 Å². The SMILES string of the molecule is CC1CC(C)C(O)=C2C(=O)OC34CC(C)C5OC23C(CC4C5O)C1=O. The second-order valence-electron chi connectivity index (χ2n) is 8.86. The first-order valence-corrected chi connectivity index (χ1v) is 9.31. The summed E-state index contributed by atoms with van der Waals surface area (Å²) in [7, 11) is 0. The van der Waals surface area contributed by atoms with Gasteiger partial charge in [-0.1, -0.05) is 20.8 Å². The van der Waals surface area contributed by atoms with Crippen LogP contribution in [0.15, 0.2) is 11.3 Å². The van der Waals surface area contributed by atoms with Gasteiger partial charge in [0.25, 0.3) is 0 Å². The molecule has 9 unspecified atom stereocenters. The third kappa shape index (κ3) is 1.48. The van der Waals surface area contributed by atoms with Gasteiger partial charge in [-0.3, -0.25) is 4.79 Å². The van der Waals surface area contributed by atoms with E-state index in [1.165, 1.54) is 0 Å². The van der Waals surface area contributed by atoms with Crippen molar-refractivity contribution in [1.82, 2.24) is 0 Å². The molecule has 3 heterocycles. The van der Waals surface area contributed by atoms with Crippen molar-refractivity contribution in [3.8, 4) is 0 Å². The van der Waals surface area contributed by atoms with Crippen molar-refractivity contribution in [3.05, 3.63) is 11.3 Å². The van der Waals surface area contributed by atoms with Crippen LogP contribution in [0, 0.1) is 29.6 Å². The first-order valence-electron chi connectivity index (χ1n) is 9.31. The molecule has 6 heteroatoms. The van der Waals surface area contributed by atoms with Crippen LogP contribution in [0.25, 0.3) is 0 Å². The van der Waals surface area contributed by atoms with E-state index in [4.69, 9.17) is 9.47 Å². The Bertz CT molecular complexity index is 727. The second kappa shape index (κ2) is 4.46. The molecular formula is C19H24O6. The van der Waals surface area contributed by atoms with Crippen molar-refractivity contribution in [3.63, 3.8) is 0 Å². The fourth-order valence-electron chi connectivity index (χ4n) is 6.61. The van der Waals surface area contributed by atoms with E-state index in [0.717, 1.165) is 0 Å². The van der Waals surface area contributed by atoms with Crippen LogP contribution >= 0.6 is 0 Å². The van der Waals surface area contributed by atoms with Gasteiger partial charge in [0.05, 0.1) is 18.1 Å². The molecule has 136 valence electrons. The van der Waals surface area contributed by atoms with Gasteiger partial charge in [0.15, 0.2) is 11.2 Å². The quantitative estimate of drug-likeness (QED) is 0.645. The summed E-state index contributed by atoms with van der Waals surface area (Å²) in [5, 5.41) is 21.7. The van der Waals surface area contributed by atoms with Gasteiger partial charge in [0.1, 0.15) is 17.1 Å². The van der Waals surface area contributed by atoms with Crippen LogP contribution < -0.4 is 0 Å². The Balaban J connectivity index is 1.82. The van der Waals surface area contributed by atoms with Gasteiger partial charge < -0.3 is 19.7 Å². The highest BCUT2D eigenvalue weighted by atomic mass is 16.6. The van der Waals surface area contributed by atoms with Crippen LogP contribution in [-0.2, 0) is 19.1 Å². The molecule has 6 nitrogen and oxygen atoms in total. The summed E-state index contributed by atoms with van der Waals surface area (Å²) in [6.45, 7) is 5.68. The molecule has 0 aromatic carbocycles. The van der Waals surface area contributed by atoms with E-state index in [1.807, 2.05) is 20.8 Å². The molecule has 0 aromatic rings. The zero-order valence-corrected chi connectivity index (χ0v) is 14.7. The number of hydrogen-bond acceptors (Lipinski definition) is 6. The minimum Gasteiger partial charge on any atom is -0.511 e. The molecule has 2 spiro atoms. The standard InChI is InChI=1S/C19H24O6/c1-7-4-8(2)14(21)12-17(23)25-18-6-9(3)16-15(22)10(18)5-11(13(7)20)19(12,18)24-16/h7-11,15-16,21-22H,4-6H2,1-3H3. The van der Waals surface area contributed by atoms with Gasteiger partial charge >= 0.3 is 5.97 Å². The molecule has 0 radical (unpaired) electrons. The maximum Gasteiger partial charge on any atom is 0.341 e. The monoisotopic (exact) mass is 348 g/mol. The fourth-order valence-corrected chi connectivity index (χ4v) is 6.61. The highest BCUT2D eigenvalue weighted by Gasteiger charge is 2.84. The molecule has 2 N–H and O–H groups in total. The fraction of sp³-hybridized carbons (Fsp3) is 0.789. The number of esters is 1. The molecule has 5 fully saturated rings. The van der Waals surface area contributed by atoms with Gasteiger partial charge in [-0.05, 0) is 25.2 Å². The molecule has 9 atom stereocenters. The predicted molar refractivity (Wildman–Crippen MR) is 85.4 cm³/mol. The largest absolute Gasteiger partial charge is 0.511 e. The Morgan fingerprint density at radius 1 is 1.12 bits per heavy atom. The number of fused-ring (bicyclic) bond motifs is 1. The average Bonchev–Trinajstić information content (AvgIpc) is 2.90. The Morgan fingerprint density at radius 3 is 2.56 bits per heavy atom. The Kier molecular flexibility index (Phi) is 2.83. The number of hydrogen-bond donors (Lipinski definition) is 2.